The standard InChI is InChI=1S/C23H32N6O/c1-14(2)19-6-5-18-21-20(11-17(12-26-21)22(15(3)24)28(4)25)29(23(18)27-19)13-16-7-9-30-10-8-16/h5-6,11-12,14,16H,7-10,13,24-25H2,1-4H3/b22-15-. The molecule has 0 spiro atoms. The molecule has 0 radical (unpaired) electrons. The van der Waals surface area contributed by atoms with Crippen molar-refractivity contribution in [2.45, 2.75) is 46.1 Å². The van der Waals surface area contributed by atoms with E-state index in [9.17, 15) is 0 Å². The van der Waals surface area contributed by atoms with Gasteiger partial charge in [0.05, 0.1) is 16.7 Å². The minimum atomic E-state index is 0.368. The van der Waals surface area contributed by atoms with Gasteiger partial charge in [-0.25, -0.2) is 10.8 Å². The first kappa shape index (κ1) is 20.6. The molecule has 0 atom stereocenters. The monoisotopic (exact) mass is 408 g/mol. The largest absolute Gasteiger partial charge is 0.401 e. The zero-order valence-corrected chi connectivity index (χ0v) is 18.4. The van der Waals surface area contributed by atoms with E-state index in [2.05, 4.69) is 36.6 Å². The summed E-state index contributed by atoms with van der Waals surface area (Å²) in [6.45, 7) is 8.77. The smallest absolute Gasteiger partial charge is 0.142 e. The van der Waals surface area contributed by atoms with Gasteiger partial charge >= 0.3 is 0 Å². The highest BCUT2D eigenvalue weighted by molar-refractivity contribution is 6.04. The number of hydrogen-bond acceptors (Lipinski definition) is 6. The third-order valence-electron chi connectivity index (χ3n) is 5.94. The van der Waals surface area contributed by atoms with Crippen molar-refractivity contribution in [3.63, 3.8) is 0 Å². The van der Waals surface area contributed by atoms with Crippen molar-refractivity contribution in [3.8, 4) is 0 Å². The number of ether oxygens (including phenoxy) is 1. The maximum absolute atomic E-state index is 6.13. The van der Waals surface area contributed by atoms with E-state index in [1.165, 1.54) is 0 Å². The molecule has 30 heavy (non-hydrogen) atoms. The molecule has 4 rings (SSSR count). The molecule has 7 nitrogen and oxygen atoms in total. The van der Waals surface area contributed by atoms with Gasteiger partial charge in [-0.3, -0.25) is 4.98 Å². The topological polar surface area (TPSA) is 95.2 Å². The van der Waals surface area contributed by atoms with Crippen molar-refractivity contribution < 1.29 is 4.74 Å². The minimum absolute atomic E-state index is 0.368. The number of rotatable bonds is 5. The summed E-state index contributed by atoms with van der Waals surface area (Å²) in [5.41, 5.74) is 12.6. The van der Waals surface area contributed by atoms with E-state index in [1.54, 1.807) is 12.1 Å². The summed E-state index contributed by atoms with van der Waals surface area (Å²) >= 11 is 0. The van der Waals surface area contributed by atoms with Crippen LogP contribution < -0.4 is 11.6 Å². The second-order valence-corrected chi connectivity index (χ2v) is 8.66. The van der Waals surface area contributed by atoms with Gasteiger partial charge in [-0.2, -0.15) is 0 Å². The van der Waals surface area contributed by atoms with Crippen molar-refractivity contribution in [1.29, 1.82) is 0 Å². The van der Waals surface area contributed by atoms with Gasteiger partial charge in [0, 0.05) is 55.3 Å². The molecule has 1 aliphatic heterocycles. The second kappa shape index (κ2) is 8.24. The zero-order valence-electron chi connectivity index (χ0n) is 18.4. The van der Waals surface area contributed by atoms with Crippen LogP contribution in [0.25, 0.3) is 27.8 Å². The summed E-state index contributed by atoms with van der Waals surface area (Å²) in [7, 11) is 1.80. The Morgan fingerprint density at radius 2 is 2.03 bits per heavy atom. The van der Waals surface area contributed by atoms with E-state index in [-0.39, 0.29) is 0 Å². The van der Waals surface area contributed by atoms with Crippen molar-refractivity contribution in [2.24, 2.45) is 17.5 Å². The minimum Gasteiger partial charge on any atom is -0.401 e. The van der Waals surface area contributed by atoms with Crippen LogP contribution >= 0.6 is 0 Å². The van der Waals surface area contributed by atoms with Gasteiger partial charge < -0.3 is 20.0 Å². The maximum atomic E-state index is 6.13. The van der Waals surface area contributed by atoms with Gasteiger partial charge in [0.15, 0.2) is 0 Å². The Labute approximate surface area is 177 Å². The van der Waals surface area contributed by atoms with Gasteiger partial charge in [0.2, 0.25) is 0 Å². The molecule has 0 aliphatic carbocycles. The van der Waals surface area contributed by atoms with Crippen LogP contribution in [0.15, 0.2) is 30.1 Å². The van der Waals surface area contributed by atoms with Crippen molar-refractivity contribution in [3.05, 3.63) is 41.4 Å². The fraction of sp³-hybridized carbons (Fsp3) is 0.478. The third-order valence-corrected chi connectivity index (χ3v) is 5.94. The first-order valence-electron chi connectivity index (χ1n) is 10.7. The molecular weight excluding hydrogens is 376 g/mol. The quantitative estimate of drug-likeness (QED) is 0.495. The van der Waals surface area contributed by atoms with E-state index in [4.69, 9.17) is 26.3 Å². The van der Waals surface area contributed by atoms with Gasteiger partial charge in [-0.1, -0.05) is 13.8 Å². The van der Waals surface area contributed by atoms with Crippen LogP contribution in [0, 0.1) is 5.92 Å². The highest BCUT2D eigenvalue weighted by Crippen LogP contribution is 2.32. The molecule has 0 bridgehead atoms. The van der Waals surface area contributed by atoms with E-state index >= 15 is 0 Å². The lowest BCUT2D eigenvalue weighted by molar-refractivity contribution is 0.0619. The van der Waals surface area contributed by atoms with Crippen molar-refractivity contribution in [1.82, 2.24) is 19.5 Å². The lowest BCUT2D eigenvalue weighted by atomic mass is 10.0. The summed E-state index contributed by atoms with van der Waals surface area (Å²) in [6.07, 6.45) is 3.99. The number of nitrogens with zero attached hydrogens (tertiary/aromatic N) is 4. The molecule has 3 aromatic rings. The van der Waals surface area contributed by atoms with Crippen LogP contribution in [0.5, 0.6) is 0 Å². The average Bonchev–Trinajstić information content (AvgIpc) is 3.01. The van der Waals surface area contributed by atoms with Gasteiger partial charge in [0.1, 0.15) is 5.65 Å². The molecule has 7 heteroatoms. The van der Waals surface area contributed by atoms with Crippen LogP contribution in [-0.2, 0) is 11.3 Å². The second-order valence-electron chi connectivity index (χ2n) is 8.66. The summed E-state index contributed by atoms with van der Waals surface area (Å²) in [6, 6.07) is 6.42. The molecule has 1 saturated heterocycles. The summed E-state index contributed by atoms with van der Waals surface area (Å²) < 4.78 is 7.91. The molecule has 0 unspecified atom stereocenters. The number of nitrogens with two attached hydrogens (primary N) is 2. The molecule has 4 N–H and O–H groups in total. The Morgan fingerprint density at radius 3 is 2.67 bits per heavy atom. The van der Waals surface area contributed by atoms with E-state index in [0.29, 0.717) is 17.5 Å². The molecule has 160 valence electrons. The third kappa shape index (κ3) is 3.75. The van der Waals surface area contributed by atoms with Crippen LogP contribution in [0.2, 0.25) is 0 Å². The van der Waals surface area contributed by atoms with Gasteiger partial charge in [0.25, 0.3) is 0 Å². The number of aromatic nitrogens is 3. The number of hydrogen-bond donors (Lipinski definition) is 2. The predicted molar refractivity (Wildman–Crippen MR) is 121 cm³/mol. The lowest BCUT2D eigenvalue weighted by Crippen LogP contribution is -2.26. The van der Waals surface area contributed by atoms with E-state index in [1.807, 2.05) is 13.1 Å². The summed E-state index contributed by atoms with van der Waals surface area (Å²) in [5, 5.41) is 2.64. The molecule has 1 fully saturated rings. The molecule has 3 aromatic heterocycles. The first-order valence-corrected chi connectivity index (χ1v) is 10.7. The lowest BCUT2D eigenvalue weighted by Gasteiger charge is -2.23. The van der Waals surface area contributed by atoms with E-state index in [0.717, 1.165) is 71.6 Å². The fourth-order valence-corrected chi connectivity index (χ4v) is 4.37. The maximum Gasteiger partial charge on any atom is 0.142 e. The highest BCUT2D eigenvalue weighted by Gasteiger charge is 2.21. The Kier molecular flexibility index (Phi) is 5.66. The predicted octanol–water partition coefficient (Wildman–Crippen LogP) is 3.59. The zero-order chi connectivity index (χ0) is 21.4. The van der Waals surface area contributed by atoms with Crippen molar-refractivity contribution in [2.75, 3.05) is 20.3 Å². The highest BCUT2D eigenvalue weighted by atomic mass is 16.5. The Morgan fingerprint density at radius 1 is 1.30 bits per heavy atom. The van der Waals surface area contributed by atoms with Crippen molar-refractivity contribution >= 4 is 27.8 Å². The number of pyridine rings is 2. The number of fused-ring (bicyclic) bond motifs is 3. The van der Waals surface area contributed by atoms with Gasteiger partial charge in [-0.05, 0) is 49.8 Å². The van der Waals surface area contributed by atoms with Crippen LogP contribution in [0.4, 0.5) is 0 Å². The molecule has 0 amide bonds. The molecule has 1 aliphatic rings. The summed E-state index contributed by atoms with van der Waals surface area (Å²) in [5.74, 6) is 7.00. The van der Waals surface area contributed by atoms with E-state index < -0.39 is 0 Å². The fourth-order valence-electron chi connectivity index (χ4n) is 4.37. The Bertz CT molecular complexity index is 1090. The molecular formula is C23H32N6O. The van der Waals surface area contributed by atoms with Crippen LogP contribution in [0.1, 0.15) is 50.8 Å². The average molecular weight is 409 g/mol. The SMILES string of the molecule is C/C(N)=C(\c1cnc2c3ccc(C(C)C)nc3n(CC3CCOCC3)c2c1)N(C)N. The van der Waals surface area contributed by atoms with Crippen LogP contribution in [-0.4, -0.2) is 39.8 Å². The Hall–Kier alpha value is -2.64. The van der Waals surface area contributed by atoms with Crippen LogP contribution in [0.3, 0.4) is 0 Å². The Balaban J connectivity index is 1.94. The normalized spacial score (nSPS) is 16.5. The van der Waals surface area contributed by atoms with Gasteiger partial charge in [-0.15, -0.1) is 0 Å². The number of allylic oxidation sites excluding steroid dienone is 1. The summed E-state index contributed by atoms with van der Waals surface area (Å²) in [4.78, 5) is 9.87. The molecule has 4 heterocycles. The number of hydrazine groups is 1. The molecule has 0 saturated carbocycles. The first-order chi connectivity index (χ1) is 14.4. The molecule has 0 aromatic carbocycles.